The van der Waals surface area contributed by atoms with Crippen LogP contribution in [0.15, 0.2) is 0 Å². The van der Waals surface area contributed by atoms with E-state index < -0.39 is 24.1 Å². The SMILES string of the molecule is CC(C)C(NC(N)=O)C(=O)N1CCOC(C(=O)O)C1. The fourth-order valence-corrected chi connectivity index (χ4v) is 1.86. The van der Waals surface area contributed by atoms with Crippen LogP contribution < -0.4 is 11.1 Å². The molecule has 1 fully saturated rings. The van der Waals surface area contributed by atoms with Gasteiger partial charge in [0.1, 0.15) is 6.04 Å². The highest BCUT2D eigenvalue weighted by Gasteiger charge is 2.34. The molecule has 8 heteroatoms. The van der Waals surface area contributed by atoms with Crippen LogP contribution in [0.1, 0.15) is 13.8 Å². The molecule has 1 saturated heterocycles. The van der Waals surface area contributed by atoms with Gasteiger partial charge in [0.2, 0.25) is 5.91 Å². The predicted molar refractivity (Wildman–Crippen MR) is 65.3 cm³/mol. The fraction of sp³-hybridized carbons (Fsp3) is 0.727. The van der Waals surface area contributed by atoms with Crippen molar-refractivity contribution in [2.24, 2.45) is 11.7 Å². The van der Waals surface area contributed by atoms with E-state index in [-0.39, 0.29) is 25.0 Å². The third kappa shape index (κ3) is 4.09. The summed E-state index contributed by atoms with van der Waals surface area (Å²) < 4.78 is 5.04. The Morgan fingerprint density at radius 2 is 2.05 bits per heavy atom. The Labute approximate surface area is 110 Å². The predicted octanol–water partition coefficient (Wildman–Crippen LogP) is -1.01. The number of hydrogen-bond acceptors (Lipinski definition) is 4. The molecule has 1 aliphatic heterocycles. The maximum atomic E-state index is 12.3. The van der Waals surface area contributed by atoms with Crippen LogP contribution in [0.25, 0.3) is 0 Å². The normalized spacial score (nSPS) is 21.0. The number of nitrogens with two attached hydrogens (primary N) is 1. The van der Waals surface area contributed by atoms with Crippen molar-refractivity contribution >= 4 is 17.9 Å². The molecule has 0 spiro atoms. The number of urea groups is 1. The number of ether oxygens (including phenoxy) is 1. The standard InChI is InChI=1S/C11H19N3O5/c1-6(2)8(13-11(12)18)9(15)14-3-4-19-7(5-14)10(16)17/h6-8H,3-5H2,1-2H3,(H,16,17)(H3,12,13,18). The Morgan fingerprint density at radius 3 is 2.53 bits per heavy atom. The van der Waals surface area contributed by atoms with E-state index in [0.717, 1.165) is 0 Å². The lowest BCUT2D eigenvalue weighted by Crippen LogP contribution is -2.57. The Hall–Kier alpha value is -1.83. The molecule has 108 valence electrons. The van der Waals surface area contributed by atoms with Crippen molar-refractivity contribution in [3.8, 4) is 0 Å². The van der Waals surface area contributed by atoms with E-state index >= 15 is 0 Å². The molecule has 2 unspecified atom stereocenters. The molecule has 0 aromatic heterocycles. The maximum absolute atomic E-state index is 12.3. The third-order valence-electron chi connectivity index (χ3n) is 2.88. The van der Waals surface area contributed by atoms with Crippen molar-refractivity contribution in [3.05, 3.63) is 0 Å². The molecule has 1 heterocycles. The second-order valence-electron chi connectivity index (χ2n) is 4.71. The van der Waals surface area contributed by atoms with E-state index in [4.69, 9.17) is 15.6 Å². The summed E-state index contributed by atoms with van der Waals surface area (Å²) >= 11 is 0. The van der Waals surface area contributed by atoms with Crippen molar-refractivity contribution < 1.29 is 24.2 Å². The van der Waals surface area contributed by atoms with Gasteiger partial charge in [-0.1, -0.05) is 13.8 Å². The van der Waals surface area contributed by atoms with E-state index in [1.54, 1.807) is 13.8 Å². The second-order valence-corrected chi connectivity index (χ2v) is 4.71. The number of amides is 3. The summed E-state index contributed by atoms with van der Waals surface area (Å²) in [6, 6.07) is -1.54. The zero-order valence-electron chi connectivity index (χ0n) is 11.0. The number of nitrogens with one attached hydrogen (secondary N) is 1. The summed E-state index contributed by atoms with van der Waals surface area (Å²) in [5.41, 5.74) is 5.03. The van der Waals surface area contributed by atoms with Gasteiger partial charge in [-0.3, -0.25) is 4.79 Å². The molecular formula is C11H19N3O5. The van der Waals surface area contributed by atoms with E-state index in [2.05, 4.69) is 5.32 Å². The zero-order valence-corrected chi connectivity index (χ0v) is 11.0. The van der Waals surface area contributed by atoms with E-state index in [1.165, 1.54) is 4.90 Å². The number of nitrogens with zero attached hydrogens (tertiary/aromatic N) is 1. The average molecular weight is 273 g/mol. The first-order valence-corrected chi connectivity index (χ1v) is 6.02. The highest BCUT2D eigenvalue weighted by atomic mass is 16.5. The highest BCUT2D eigenvalue weighted by Crippen LogP contribution is 2.11. The number of carbonyl (C=O) groups is 3. The number of primary amides is 1. The van der Waals surface area contributed by atoms with E-state index in [0.29, 0.717) is 6.54 Å². The van der Waals surface area contributed by atoms with Crippen molar-refractivity contribution in [1.82, 2.24) is 10.2 Å². The van der Waals surface area contributed by atoms with Crippen molar-refractivity contribution in [2.45, 2.75) is 26.0 Å². The van der Waals surface area contributed by atoms with Crippen LogP contribution in [-0.4, -0.2) is 59.8 Å². The van der Waals surface area contributed by atoms with Crippen LogP contribution >= 0.6 is 0 Å². The molecule has 0 aliphatic carbocycles. The molecule has 0 radical (unpaired) electrons. The lowest BCUT2D eigenvalue weighted by molar-refractivity contribution is -0.160. The molecule has 0 aromatic rings. The minimum absolute atomic E-state index is 0.0299. The van der Waals surface area contributed by atoms with Crippen molar-refractivity contribution in [1.29, 1.82) is 0 Å². The Morgan fingerprint density at radius 1 is 1.42 bits per heavy atom. The summed E-state index contributed by atoms with van der Waals surface area (Å²) in [4.78, 5) is 35.4. The Kier molecular flexibility index (Phi) is 5.11. The third-order valence-corrected chi connectivity index (χ3v) is 2.88. The molecule has 19 heavy (non-hydrogen) atoms. The van der Waals surface area contributed by atoms with Crippen LogP contribution in [-0.2, 0) is 14.3 Å². The Balaban J connectivity index is 2.73. The van der Waals surface area contributed by atoms with Crippen LogP contribution in [0.3, 0.4) is 0 Å². The van der Waals surface area contributed by atoms with Gasteiger partial charge in [0.05, 0.1) is 13.2 Å². The van der Waals surface area contributed by atoms with Crippen LogP contribution in [0.5, 0.6) is 0 Å². The number of carboxylic acids is 1. The molecule has 0 aromatic carbocycles. The van der Waals surface area contributed by atoms with Gasteiger partial charge in [0.15, 0.2) is 6.10 Å². The van der Waals surface area contributed by atoms with Gasteiger partial charge in [0.25, 0.3) is 0 Å². The number of aliphatic carboxylic acids is 1. The number of rotatable bonds is 4. The van der Waals surface area contributed by atoms with Crippen molar-refractivity contribution in [2.75, 3.05) is 19.7 Å². The number of carbonyl (C=O) groups excluding carboxylic acids is 2. The van der Waals surface area contributed by atoms with Gasteiger partial charge in [-0.25, -0.2) is 9.59 Å². The van der Waals surface area contributed by atoms with Gasteiger partial charge >= 0.3 is 12.0 Å². The molecule has 2 atom stereocenters. The average Bonchev–Trinajstić information content (AvgIpc) is 2.34. The first-order valence-electron chi connectivity index (χ1n) is 6.02. The molecule has 4 N–H and O–H groups in total. The minimum Gasteiger partial charge on any atom is -0.479 e. The summed E-state index contributed by atoms with van der Waals surface area (Å²) in [5.74, 6) is -1.60. The Bertz CT molecular complexity index is 371. The minimum atomic E-state index is -1.11. The molecular weight excluding hydrogens is 254 g/mol. The van der Waals surface area contributed by atoms with Gasteiger partial charge in [-0.05, 0) is 5.92 Å². The summed E-state index contributed by atoms with van der Waals surface area (Å²) in [6.45, 7) is 3.97. The largest absolute Gasteiger partial charge is 0.479 e. The lowest BCUT2D eigenvalue weighted by atomic mass is 10.0. The summed E-state index contributed by atoms with van der Waals surface area (Å²) in [7, 11) is 0. The fourth-order valence-electron chi connectivity index (χ4n) is 1.86. The molecule has 1 rings (SSSR count). The van der Waals surface area contributed by atoms with Crippen molar-refractivity contribution in [3.63, 3.8) is 0 Å². The maximum Gasteiger partial charge on any atom is 0.334 e. The monoisotopic (exact) mass is 273 g/mol. The smallest absolute Gasteiger partial charge is 0.334 e. The lowest BCUT2D eigenvalue weighted by Gasteiger charge is -2.34. The van der Waals surface area contributed by atoms with Gasteiger partial charge in [-0.15, -0.1) is 0 Å². The number of morpholine rings is 1. The van der Waals surface area contributed by atoms with Crippen LogP contribution in [0.4, 0.5) is 4.79 Å². The van der Waals surface area contributed by atoms with Gasteiger partial charge < -0.3 is 25.8 Å². The topological polar surface area (TPSA) is 122 Å². The molecule has 3 amide bonds. The second kappa shape index (κ2) is 6.37. The highest BCUT2D eigenvalue weighted by molar-refractivity contribution is 5.87. The number of hydrogen-bond donors (Lipinski definition) is 3. The van der Waals surface area contributed by atoms with Gasteiger partial charge in [0, 0.05) is 6.54 Å². The first-order chi connectivity index (χ1) is 8.82. The zero-order chi connectivity index (χ0) is 14.6. The molecule has 0 bridgehead atoms. The number of carboxylic acid groups (broad SMARTS) is 1. The van der Waals surface area contributed by atoms with Crippen LogP contribution in [0, 0.1) is 5.92 Å². The summed E-state index contributed by atoms with van der Waals surface area (Å²) in [5, 5.41) is 11.3. The quantitative estimate of drug-likeness (QED) is 0.606. The van der Waals surface area contributed by atoms with Gasteiger partial charge in [-0.2, -0.15) is 0 Å². The molecule has 0 saturated carbocycles. The van der Waals surface area contributed by atoms with E-state index in [9.17, 15) is 14.4 Å². The summed E-state index contributed by atoms with van der Waals surface area (Å²) in [6.07, 6.45) is -1.03. The van der Waals surface area contributed by atoms with Crippen LogP contribution in [0.2, 0.25) is 0 Å². The van der Waals surface area contributed by atoms with E-state index in [1.807, 2.05) is 0 Å². The molecule has 1 aliphatic rings. The molecule has 8 nitrogen and oxygen atoms in total. The first kappa shape index (κ1) is 15.2.